The molecule has 0 spiro atoms. The van der Waals surface area contributed by atoms with Gasteiger partial charge < -0.3 is 15.0 Å². The van der Waals surface area contributed by atoms with Gasteiger partial charge in [0.15, 0.2) is 0 Å². The van der Waals surface area contributed by atoms with E-state index in [1.54, 1.807) is 0 Å². The number of ether oxygens (including phenoxy) is 1. The van der Waals surface area contributed by atoms with Crippen molar-refractivity contribution in [3.05, 3.63) is 29.8 Å². The van der Waals surface area contributed by atoms with Gasteiger partial charge in [-0.15, -0.1) is 0 Å². The van der Waals surface area contributed by atoms with Gasteiger partial charge in [0.1, 0.15) is 0 Å². The molecule has 0 saturated carbocycles. The fourth-order valence-corrected chi connectivity index (χ4v) is 3.14. The molecule has 3 nitrogen and oxygen atoms in total. The summed E-state index contributed by atoms with van der Waals surface area (Å²) in [4.78, 5) is 2.46. The van der Waals surface area contributed by atoms with Gasteiger partial charge in [-0.05, 0) is 37.9 Å². The summed E-state index contributed by atoms with van der Waals surface area (Å²) in [5.41, 5.74) is 2.98. The van der Waals surface area contributed by atoms with E-state index in [0.29, 0.717) is 0 Å². The van der Waals surface area contributed by atoms with E-state index in [9.17, 15) is 0 Å². The molecule has 1 aromatic carbocycles. The molecule has 1 aromatic rings. The number of hydrogen-bond donors (Lipinski definition) is 1. The third-order valence-corrected chi connectivity index (χ3v) is 4.22. The largest absolute Gasteiger partial charge is 0.378 e. The Hall–Kier alpha value is -1.06. The highest BCUT2D eigenvalue weighted by Gasteiger charge is 2.33. The number of morpholine rings is 1. The van der Waals surface area contributed by atoms with E-state index in [1.165, 1.54) is 24.1 Å². The maximum absolute atomic E-state index is 5.45. The van der Waals surface area contributed by atoms with Crippen LogP contribution in [0.4, 0.5) is 5.69 Å². The van der Waals surface area contributed by atoms with E-state index < -0.39 is 0 Å². The predicted molar refractivity (Wildman–Crippen MR) is 74.1 cm³/mol. The lowest BCUT2D eigenvalue weighted by Crippen LogP contribution is -2.40. The minimum atomic E-state index is 0.148. The van der Waals surface area contributed by atoms with E-state index >= 15 is 0 Å². The second-order valence-corrected chi connectivity index (χ2v) is 5.48. The van der Waals surface area contributed by atoms with Crippen molar-refractivity contribution in [3.8, 4) is 0 Å². The second-order valence-electron chi connectivity index (χ2n) is 5.48. The molecule has 1 atom stereocenters. The van der Waals surface area contributed by atoms with Crippen LogP contribution in [0.15, 0.2) is 24.3 Å². The van der Waals surface area contributed by atoms with Crippen molar-refractivity contribution in [1.82, 2.24) is 5.32 Å². The third kappa shape index (κ3) is 2.13. The van der Waals surface area contributed by atoms with Crippen LogP contribution in [0.5, 0.6) is 0 Å². The lowest BCUT2D eigenvalue weighted by molar-refractivity contribution is 0.122. The van der Waals surface area contributed by atoms with Crippen LogP contribution in [-0.2, 0) is 10.3 Å². The SMILES string of the molecule is CC1(c2ccccc2N2CCOCC2)CCCN1. The van der Waals surface area contributed by atoms with E-state index in [1.807, 2.05) is 0 Å². The molecule has 18 heavy (non-hydrogen) atoms. The van der Waals surface area contributed by atoms with Gasteiger partial charge in [0.2, 0.25) is 0 Å². The summed E-state index contributed by atoms with van der Waals surface area (Å²) in [7, 11) is 0. The Balaban J connectivity index is 1.93. The Morgan fingerprint density at radius 3 is 2.72 bits per heavy atom. The molecule has 2 heterocycles. The average Bonchev–Trinajstić information content (AvgIpc) is 2.88. The van der Waals surface area contributed by atoms with Crippen LogP contribution < -0.4 is 10.2 Å². The summed E-state index contributed by atoms with van der Waals surface area (Å²) < 4.78 is 5.45. The minimum Gasteiger partial charge on any atom is -0.378 e. The Kier molecular flexibility index (Phi) is 3.27. The first-order valence-corrected chi connectivity index (χ1v) is 6.97. The zero-order chi connectivity index (χ0) is 12.4. The predicted octanol–water partition coefficient (Wildman–Crippen LogP) is 2.12. The molecular weight excluding hydrogens is 224 g/mol. The van der Waals surface area contributed by atoms with Gasteiger partial charge in [-0.3, -0.25) is 0 Å². The molecule has 0 amide bonds. The van der Waals surface area contributed by atoms with Gasteiger partial charge in [0, 0.05) is 24.3 Å². The van der Waals surface area contributed by atoms with Crippen molar-refractivity contribution < 1.29 is 4.74 Å². The fraction of sp³-hybridized carbons (Fsp3) is 0.600. The molecule has 2 fully saturated rings. The molecule has 2 aliphatic rings. The number of anilines is 1. The van der Waals surface area contributed by atoms with E-state index in [0.717, 1.165) is 32.8 Å². The van der Waals surface area contributed by atoms with Crippen LogP contribution in [0, 0.1) is 0 Å². The number of hydrogen-bond acceptors (Lipinski definition) is 3. The van der Waals surface area contributed by atoms with E-state index in [-0.39, 0.29) is 5.54 Å². The van der Waals surface area contributed by atoms with Crippen LogP contribution in [0.3, 0.4) is 0 Å². The summed E-state index contributed by atoms with van der Waals surface area (Å²) in [6.45, 7) is 7.17. The summed E-state index contributed by atoms with van der Waals surface area (Å²) in [6.07, 6.45) is 2.50. The van der Waals surface area contributed by atoms with Crippen molar-refractivity contribution >= 4 is 5.69 Å². The number of para-hydroxylation sites is 1. The second kappa shape index (κ2) is 4.90. The lowest BCUT2D eigenvalue weighted by Gasteiger charge is -2.35. The number of nitrogens with zero attached hydrogens (tertiary/aromatic N) is 1. The van der Waals surface area contributed by atoms with Crippen molar-refractivity contribution in [2.24, 2.45) is 0 Å². The normalized spacial score (nSPS) is 28.6. The molecule has 2 saturated heterocycles. The molecule has 98 valence electrons. The highest BCUT2D eigenvalue weighted by atomic mass is 16.5. The Morgan fingerprint density at radius 2 is 2.00 bits per heavy atom. The monoisotopic (exact) mass is 246 g/mol. The topological polar surface area (TPSA) is 24.5 Å². The van der Waals surface area contributed by atoms with Crippen LogP contribution in [-0.4, -0.2) is 32.8 Å². The highest BCUT2D eigenvalue weighted by Crippen LogP contribution is 2.36. The molecule has 0 bridgehead atoms. The van der Waals surface area contributed by atoms with Gasteiger partial charge >= 0.3 is 0 Å². The van der Waals surface area contributed by atoms with Crippen LogP contribution in [0.2, 0.25) is 0 Å². The molecular formula is C15H22N2O. The lowest BCUT2D eigenvalue weighted by atomic mass is 9.88. The molecule has 2 aliphatic heterocycles. The minimum absolute atomic E-state index is 0.148. The van der Waals surface area contributed by atoms with Gasteiger partial charge in [0.25, 0.3) is 0 Å². The summed E-state index contributed by atoms with van der Waals surface area (Å²) in [6, 6.07) is 8.84. The third-order valence-electron chi connectivity index (χ3n) is 4.22. The van der Waals surface area contributed by atoms with Crippen molar-refractivity contribution in [3.63, 3.8) is 0 Å². The standard InChI is InChI=1S/C15H22N2O/c1-15(7-4-8-16-15)13-5-2-3-6-14(13)17-9-11-18-12-10-17/h2-3,5-6,16H,4,7-12H2,1H3. The van der Waals surface area contributed by atoms with Crippen molar-refractivity contribution in [2.45, 2.75) is 25.3 Å². The highest BCUT2D eigenvalue weighted by molar-refractivity contribution is 5.57. The smallest absolute Gasteiger partial charge is 0.0642 e. The average molecular weight is 246 g/mol. The van der Waals surface area contributed by atoms with Gasteiger partial charge in [-0.2, -0.15) is 0 Å². The van der Waals surface area contributed by atoms with Gasteiger partial charge in [0.05, 0.1) is 13.2 Å². The molecule has 1 N–H and O–H groups in total. The van der Waals surface area contributed by atoms with Crippen LogP contribution in [0.1, 0.15) is 25.3 Å². The maximum Gasteiger partial charge on any atom is 0.0642 e. The number of rotatable bonds is 2. The number of nitrogens with one attached hydrogen (secondary N) is 1. The van der Waals surface area contributed by atoms with Crippen molar-refractivity contribution in [2.75, 3.05) is 37.7 Å². The molecule has 3 rings (SSSR count). The molecule has 0 aromatic heterocycles. The summed E-state index contributed by atoms with van der Waals surface area (Å²) in [5.74, 6) is 0. The van der Waals surface area contributed by atoms with E-state index in [4.69, 9.17) is 4.74 Å². The quantitative estimate of drug-likeness (QED) is 0.865. The van der Waals surface area contributed by atoms with Crippen LogP contribution >= 0.6 is 0 Å². The number of benzene rings is 1. The van der Waals surface area contributed by atoms with Gasteiger partial charge in [-0.1, -0.05) is 18.2 Å². The summed E-state index contributed by atoms with van der Waals surface area (Å²) in [5, 5.41) is 3.67. The van der Waals surface area contributed by atoms with E-state index in [2.05, 4.69) is 41.4 Å². The summed E-state index contributed by atoms with van der Waals surface area (Å²) >= 11 is 0. The first kappa shape index (κ1) is 12.0. The van der Waals surface area contributed by atoms with Crippen molar-refractivity contribution in [1.29, 1.82) is 0 Å². The fourth-order valence-electron chi connectivity index (χ4n) is 3.14. The first-order chi connectivity index (χ1) is 8.80. The Morgan fingerprint density at radius 1 is 1.22 bits per heavy atom. The van der Waals surface area contributed by atoms with Gasteiger partial charge in [-0.25, -0.2) is 0 Å². The molecule has 0 radical (unpaired) electrons. The Labute approximate surface area is 109 Å². The molecule has 1 unspecified atom stereocenters. The molecule has 0 aliphatic carbocycles. The zero-order valence-corrected chi connectivity index (χ0v) is 11.1. The zero-order valence-electron chi connectivity index (χ0n) is 11.1. The Bertz CT molecular complexity index is 407. The molecule has 3 heteroatoms. The first-order valence-electron chi connectivity index (χ1n) is 6.97. The van der Waals surface area contributed by atoms with Crippen LogP contribution in [0.25, 0.3) is 0 Å². The maximum atomic E-state index is 5.45.